The van der Waals surface area contributed by atoms with Crippen LogP contribution < -0.4 is 5.32 Å². The lowest BCUT2D eigenvalue weighted by atomic mass is 10.2. The molecular formula is C17H15ClN4O. The molecule has 1 aromatic heterocycles. The lowest BCUT2D eigenvalue weighted by Gasteiger charge is -2.08. The Morgan fingerprint density at radius 2 is 1.87 bits per heavy atom. The van der Waals surface area contributed by atoms with Gasteiger partial charge in [0.2, 0.25) is 0 Å². The number of nitrogens with one attached hydrogen (secondary N) is 1. The molecule has 5 nitrogen and oxygen atoms in total. The van der Waals surface area contributed by atoms with E-state index in [2.05, 4.69) is 15.6 Å². The third kappa shape index (κ3) is 3.10. The zero-order valence-corrected chi connectivity index (χ0v) is 13.5. The molecule has 0 spiro atoms. The molecule has 2 aromatic carbocycles. The molecule has 0 atom stereocenters. The lowest BCUT2D eigenvalue weighted by Crippen LogP contribution is -2.15. The summed E-state index contributed by atoms with van der Waals surface area (Å²) in [6.07, 6.45) is 0. The van der Waals surface area contributed by atoms with Crippen molar-refractivity contribution in [2.45, 2.75) is 13.8 Å². The molecule has 0 unspecified atom stereocenters. The summed E-state index contributed by atoms with van der Waals surface area (Å²) < 4.78 is 1.64. The highest BCUT2D eigenvalue weighted by atomic mass is 35.5. The van der Waals surface area contributed by atoms with Crippen LogP contribution in [0.2, 0.25) is 5.02 Å². The fourth-order valence-electron chi connectivity index (χ4n) is 2.26. The second-order valence-corrected chi connectivity index (χ2v) is 5.62. The van der Waals surface area contributed by atoms with Gasteiger partial charge in [-0.2, -0.15) is 0 Å². The number of hydrogen-bond donors (Lipinski definition) is 1. The number of rotatable bonds is 3. The Labute approximate surface area is 138 Å². The normalized spacial score (nSPS) is 10.6. The number of carbonyl (C=O) groups excluding carboxylic acids is 1. The Kier molecular flexibility index (Phi) is 4.12. The largest absolute Gasteiger partial charge is 0.320 e. The van der Waals surface area contributed by atoms with E-state index in [9.17, 15) is 4.79 Å². The molecule has 3 aromatic rings. The smallest absolute Gasteiger partial charge is 0.278 e. The Morgan fingerprint density at radius 1 is 1.13 bits per heavy atom. The highest BCUT2D eigenvalue weighted by Gasteiger charge is 2.18. The Balaban J connectivity index is 1.89. The minimum Gasteiger partial charge on any atom is -0.320 e. The Bertz CT molecular complexity index is 858. The van der Waals surface area contributed by atoms with E-state index in [0.29, 0.717) is 16.4 Å². The van der Waals surface area contributed by atoms with Crippen LogP contribution in [0.4, 0.5) is 5.69 Å². The van der Waals surface area contributed by atoms with Gasteiger partial charge in [0.25, 0.3) is 5.91 Å². The molecule has 23 heavy (non-hydrogen) atoms. The summed E-state index contributed by atoms with van der Waals surface area (Å²) >= 11 is 5.98. The second-order valence-electron chi connectivity index (χ2n) is 5.18. The van der Waals surface area contributed by atoms with Gasteiger partial charge >= 0.3 is 0 Å². The van der Waals surface area contributed by atoms with Gasteiger partial charge in [-0.3, -0.25) is 4.79 Å². The highest BCUT2D eigenvalue weighted by Crippen LogP contribution is 2.21. The van der Waals surface area contributed by atoms with Crippen LogP contribution in [0.15, 0.2) is 48.5 Å². The number of anilines is 1. The maximum atomic E-state index is 12.5. The van der Waals surface area contributed by atoms with Crippen molar-refractivity contribution < 1.29 is 4.79 Å². The molecule has 0 aliphatic heterocycles. The van der Waals surface area contributed by atoms with Crippen molar-refractivity contribution in [2.75, 3.05) is 5.32 Å². The molecule has 6 heteroatoms. The first-order valence-corrected chi connectivity index (χ1v) is 7.49. The third-order valence-electron chi connectivity index (χ3n) is 3.56. The number of benzene rings is 2. The van der Waals surface area contributed by atoms with Crippen LogP contribution in [0.3, 0.4) is 0 Å². The van der Waals surface area contributed by atoms with Crippen molar-refractivity contribution in [1.29, 1.82) is 0 Å². The summed E-state index contributed by atoms with van der Waals surface area (Å²) in [5.74, 6) is -0.310. The maximum absolute atomic E-state index is 12.5. The van der Waals surface area contributed by atoms with Crippen LogP contribution in [-0.2, 0) is 0 Å². The van der Waals surface area contributed by atoms with Crippen molar-refractivity contribution in [3.8, 4) is 5.69 Å². The number of amides is 1. The molecule has 0 saturated carbocycles. The van der Waals surface area contributed by atoms with E-state index >= 15 is 0 Å². The van der Waals surface area contributed by atoms with E-state index < -0.39 is 0 Å². The van der Waals surface area contributed by atoms with Crippen LogP contribution in [0, 0.1) is 13.8 Å². The van der Waals surface area contributed by atoms with Crippen LogP contribution in [0.1, 0.15) is 21.7 Å². The quantitative estimate of drug-likeness (QED) is 0.796. The van der Waals surface area contributed by atoms with Crippen LogP contribution in [-0.4, -0.2) is 20.9 Å². The number of hydrogen-bond acceptors (Lipinski definition) is 3. The van der Waals surface area contributed by atoms with E-state index in [0.717, 1.165) is 11.3 Å². The second kappa shape index (κ2) is 6.22. The zero-order chi connectivity index (χ0) is 16.4. The molecule has 1 amide bonds. The monoisotopic (exact) mass is 326 g/mol. The average molecular weight is 327 g/mol. The van der Waals surface area contributed by atoms with Gasteiger partial charge in [0.1, 0.15) is 0 Å². The molecule has 116 valence electrons. The summed E-state index contributed by atoms with van der Waals surface area (Å²) in [7, 11) is 0. The van der Waals surface area contributed by atoms with Crippen molar-refractivity contribution >= 4 is 23.2 Å². The van der Waals surface area contributed by atoms with Crippen molar-refractivity contribution in [3.05, 3.63) is 70.5 Å². The van der Waals surface area contributed by atoms with Gasteiger partial charge in [0.05, 0.1) is 11.4 Å². The number of aromatic nitrogens is 3. The van der Waals surface area contributed by atoms with Crippen LogP contribution in [0.5, 0.6) is 0 Å². The first kappa shape index (κ1) is 15.2. The van der Waals surface area contributed by atoms with Gasteiger partial charge in [-0.25, -0.2) is 4.68 Å². The molecule has 0 fully saturated rings. The van der Waals surface area contributed by atoms with Crippen LogP contribution in [0.25, 0.3) is 5.69 Å². The fourth-order valence-corrected chi connectivity index (χ4v) is 2.44. The molecule has 1 heterocycles. The van der Waals surface area contributed by atoms with E-state index in [4.69, 9.17) is 11.6 Å². The molecule has 0 aliphatic rings. The predicted octanol–water partition coefficient (Wildman–Crippen LogP) is 3.79. The molecule has 0 bridgehead atoms. The zero-order valence-electron chi connectivity index (χ0n) is 12.7. The minimum atomic E-state index is -0.310. The van der Waals surface area contributed by atoms with E-state index in [1.165, 1.54) is 0 Å². The van der Waals surface area contributed by atoms with Crippen molar-refractivity contribution in [2.24, 2.45) is 0 Å². The molecule has 0 aliphatic carbocycles. The number of nitrogens with zero attached hydrogens (tertiary/aromatic N) is 3. The number of para-hydroxylation sites is 1. The lowest BCUT2D eigenvalue weighted by molar-refractivity contribution is 0.102. The summed E-state index contributed by atoms with van der Waals surface area (Å²) in [5.41, 5.74) is 3.41. The molecule has 3 rings (SSSR count). The Morgan fingerprint density at radius 3 is 2.61 bits per heavy atom. The summed E-state index contributed by atoms with van der Waals surface area (Å²) in [5, 5.41) is 11.5. The summed E-state index contributed by atoms with van der Waals surface area (Å²) in [6, 6.07) is 14.9. The maximum Gasteiger partial charge on any atom is 0.278 e. The van der Waals surface area contributed by atoms with Crippen LogP contribution >= 0.6 is 11.6 Å². The third-order valence-corrected chi connectivity index (χ3v) is 3.79. The molecule has 1 N–H and O–H groups in total. The first-order valence-electron chi connectivity index (χ1n) is 7.11. The minimum absolute atomic E-state index is 0.285. The van der Waals surface area contributed by atoms with E-state index in [1.807, 2.05) is 50.2 Å². The molecule has 0 radical (unpaired) electrons. The van der Waals surface area contributed by atoms with Gasteiger partial charge in [0, 0.05) is 10.7 Å². The topological polar surface area (TPSA) is 59.8 Å². The van der Waals surface area contributed by atoms with E-state index in [-0.39, 0.29) is 11.6 Å². The van der Waals surface area contributed by atoms with E-state index in [1.54, 1.807) is 16.8 Å². The number of halogens is 1. The van der Waals surface area contributed by atoms with Gasteiger partial charge in [-0.15, -0.1) is 5.10 Å². The number of carbonyl (C=O) groups is 1. The Hall–Kier alpha value is -2.66. The summed E-state index contributed by atoms with van der Waals surface area (Å²) in [4.78, 5) is 12.5. The standard InChI is InChI=1S/C17H15ClN4O/c1-11-8-9-13(18)10-15(11)19-17(23)16-12(2)22(21-20-16)14-6-4-3-5-7-14/h3-10H,1-2H3,(H,19,23). The SMILES string of the molecule is Cc1ccc(Cl)cc1NC(=O)c1nnn(-c2ccccc2)c1C. The fraction of sp³-hybridized carbons (Fsp3) is 0.118. The van der Waals surface area contributed by atoms with Crippen molar-refractivity contribution in [1.82, 2.24) is 15.0 Å². The number of aryl methyl sites for hydroxylation is 1. The predicted molar refractivity (Wildman–Crippen MR) is 90.2 cm³/mol. The average Bonchev–Trinajstić information content (AvgIpc) is 2.93. The molecule has 0 saturated heterocycles. The highest BCUT2D eigenvalue weighted by molar-refractivity contribution is 6.31. The summed E-state index contributed by atoms with van der Waals surface area (Å²) in [6.45, 7) is 3.71. The molecular weight excluding hydrogens is 312 g/mol. The first-order chi connectivity index (χ1) is 11.1. The van der Waals surface area contributed by atoms with Gasteiger partial charge in [0.15, 0.2) is 5.69 Å². The van der Waals surface area contributed by atoms with Gasteiger partial charge < -0.3 is 5.32 Å². The van der Waals surface area contributed by atoms with Crippen molar-refractivity contribution in [3.63, 3.8) is 0 Å². The van der Waals surface area contributed by atoms with Gasteiger partial charge in [-0.05, 0) is 43.7 Å². The van der Waals surface area contributed by atoms with Gasteiger partial charge in [-0.1, -0.05) is 41.1 Å².